The van der Waals surface area contributed by atoms with Crippen LogP contribution in [0.1, 0.15) is 18.9 Å². The molecule has 0 aliphatic rings. The minimum absolute atomic E-state index is 0.0245. The summed E-state index contributed by atoms with van der Waals surface area (Å²) in [4.78, 5) is 8.03. The van der Waals surface area contributed by atoms with E-state index in [0.29, 0.717) is 18.1 Å². The van der Waals surface area contributed by atoms with Crippen LogP contribution in [0.3, 0.4) is 0 Å². The van der Waals surface area contributed by atoms with Crippen molar-refractivity contribution in [2.24, 2.45) is 0 Å². The summed E-state index contributed by atoms with van der Waals surface area (Å²) < 4.78 is 27.4. The van der Waals surface area contributed by atoms with Gasteiger partial charge in [-0.3, -0.25) is 4.72 Å². The third kappa shape index (κ3) is 3.69. The summed E-state index contributed by atoms with van der Waals surface area (Å²) in [5, 5.41) is 3.04. The number of nitrogens with one attached hydrogen (secondary N) is 2. The van der Waals surface area contributed by atoms with Crippen LogP contribution in [0.15, 0.2) is 41.7 Å². The lowest BCUT2D eigenvalue weighted by molar-refractivity contribution is 0.597. The first-order chi connectivity index (χ1) is 10.0. The van der Waals surface area contributed by atoms with E-state index in [-0.39, 0.29) is 5.03 Å². The van der Waals surface area contributed by atoms with Crippen molar-refractivity contribution in [3.8, 4) is 0 Å². The Hall–Kier alpha value is -2.15. The molecule has 0 radical (unpaired) electrons. The molecule has 2 heterocycles. The van der Waals surface area contributed by atoms with Gasteiger partial charge in [-0.1, -0.05) is 13.0 Å². The zero-order valence-electron chi connectivity index (χ0n) is 12.0. The molecule has 0 amide bonds. The summed E-state index contributed by atoms with van der Waals surface area (Å²) in [5.74, 6) is 0.310. The van der Waals surface area contributed by atoms with Crippen molar-refractivity contribution in [1.29, 1.82) is 0 Å². The molecule has 2 aromatic rings. The summed E-state index contributed by atoms with van der Waals surface area (Å²) in [7, 11) is -3.78. The standard InChI is InChI=1S/C14H18N4O2S/c1-3-8-15-12-7-5-10-17-14(12)21(19,20)18-13-11(2)6-4-9-16-13/h4-7,9-10,15H,3,8H2,1-2H3,(H,16,18). The molecule has 2 N–H and O–H groups in total. The molecular formula is C14H18N4O2S. The molecule has 0 unspecified atom stereocenters. The average Bonchev–Trinajstić information content (AvgIpc) is 2.47. The summed E-state index contributed by atoms with van der Waals surface area (Å²) in [5.41, 5.74) is 1.24. The number of sulfonamides is 1. The second-order valence-electron chi connectivity index (χ2n) is 4.56. The molecule has 0 fully saturated rings. The van der Waals surface area contributed by atoms with Crippen molar-refractivity contribution >= 4 is 21.5 Å². The van der Waals surface area contributed by atoms with Gasteiger partial charge >= 0.3 is 0 Å². The van der Waals surface area contributed by atoms with Crippen LogP contribution in [0.2, 0.25) is 0 Å². The predicted molar refractivity (Wildman–Crippen MR) is 82.8 cm³/mol. The molecule has 0 aliphatic carbocycles. The largest absolute Gasteiger partial charge is 0.383 e. The van der Waals surface area contributed by atoms with Gasteiger partial charge < -0.3 is 5.32 Å². The Kier molecular flexibility index (Phi) is 4.74. The smallest absolute Gasteiger partial charge is 0.282 e. The predicted octanol–water partition coefficient (Wildman–Crippen LogP) is 2.41. The average molecular weight is 306 g/mol. The molecular weight excluding hydrogens is 288 g/mol. The van der Waals surface area contributed by atoms with Crippen LogP contribution in [-0.2, 0) is 10.0 Å². The molecule has 21 heavy (non-hydrogen) atoms. The molecule has 7 heteroatoms. The molecule has 0 saturated heterocycles. The van der Waals surface area contributed by atoms with Gasteiger partial charge in [0.05, 0.1) is 5.69 Å². The Labute approximate surface area is 124 Å². The van der Waals surface area contributed by atoms with E-state index >= 15 is 0 Å². The van der Waals surface area contributed by atoms with Gasteiger partial charge in [-0.15, -0.1) is 0 Å². The number of pyridine rings is 2. The van der Waals surface area contributed by atoms with Crippen molar-refractivity contribution in [2.45, 2.75) is 25.3 Å². The van der Waals surface area contributed by atoms with E-state index < -0.39 is 10.0 Å². The molecule has 0 aromatic carbocycles. The van der Waals surface area contributed by atoms with Gasteiger partial charge in [-0.2, -0.15) is 8.42 Å². The van der Waals surface area contributed by atoms with Gasteiger partial charge in [-0.25, -0.2) is 9.97 Å². The number of anilines is 2. The van der Waals surface area contributed by atoms with E-state index in [2.05, 4.69) is 20.0 Å². The zero-order valence-corrected chi connectivity index (χ0v) is 12.8. The number of hydrogen-bond acceptors (Lipinski definition) is 5. The first kappa shape index (κ1) is 15.2. The number of aromatic nitrogens is 2. The monoisotopic (exact) mass is 306 g/mol. The molecule has 0 saturated carbocycles. The maximum atomic E-state index is 12.5. The first-order valence-corrected chi connectivity index (χ1v) is 8.16. The number of hydrogen-bond donors (Lipinski definition) is 2. The second kappa shape index (κ2) is 6.53. The topological polar surface area (TPSA) is 84.0 Å². The number of rotatable bonds is 6. The Morgan fingerprint density at radius 3 is 2.57 bits per heavy atom. The Bertz CT molecular complexity index is 716. The minimum Gasteiger partial charge on any atom is -0.383 e. The highest BCUT2D eigenvalue weighted by molar-refractivity contribution is 7.92. The first-order valence-electron chi connectivity index (χ1n) is 6.68. The maximum Gasteiger partial charge on any atom is 0.282 e. The van der Waals surface area contributed by atoms with Crippen molar-refractivity contribution < 1.29 is 8.42 Å². The number of aryl methyl sites for hydroxylation is 1. The fourth-order valence-corrected chi connectivity index (χ4v) is 2.96. The van der Waals surface area contributed by atoms with Crippen molar-refractivity contribution in [3.05, 3.63) is 42.2 Å². The Morgan fingerprint density at radius 1 is 1.14 bits per heavy atom. The highest BCUT2D eigenvalue weighted by atomic mass is 32.2. The van der Waals surface area contributed by atoms with E-state index in [1.165, 1.54) is 6.20 Å². The molecule has 6 nitrogen and oxygen atoms in total. The van der Waals surface area contributed by atoms with E-state index in [1.807, 2.05) is 6.92 Å². The normalized spacial score (nSPS) is 11.1. The SMILES string of the molecule is CCCNc1cccnc1S(=O)(=O)Nc1ncccc1C. The number of nitrogens with zero attached hydrogens (tertiary/aromatic N) is 2. The summed E-state index contributed by atoms with van der Waals surface area (Å²) in [6.07, 6.45) is 3.89. The van der Waals surface area contributed by atoms with Crippen LogP contribution in [0.4, 0.5) is 11.5 Å². The Balaban J connectivity index is 2.34. The van der Waals surface area contributed by atoms with Crippen LogP contribution >= 0.6 is 0 Å². The van der Waals surface area contributed by atoms with Gasteiger partial charge in [0.2, 0.25) is 0 Å². The lowest BCUT2D eigenvalue weighted by atomic mass is 10.3. The minimum atomic E-state index is -3.78. The van der Waals surface area contributed by atoms with Crippen LogP contribution in [-0.4, -0.2) is 24.9 Å². The van der Waals surface area contributed by atoms with Crippen molar-refractivity contribution in [3.63, 3.8) is 0 Å². The molecule has 0 spiro atoms. The van der Waals surface area contributed by atoms with Gasteiger partial charge in [0.1, 0.15) is 5.82 Å². The summed E-state index contributed by atoms with van der Waals surface area (Å²) in [6.45, 7) is 4.48. The third-order valence-electron chi connectivity index (χ3n) is 2.83. The fraction of sp³-hybridized carbons (Fsp3) is 0.286. The van der Waals surface area contributed by atoms with Gasteiger partial charge in [-0.05, 0) is 37.1 Å². The van der Waals surface area contributed by atoms with E-state index in [9.17, 15) is 8.42 Å². The fourth-order valence-electron chi connectivity index (χ4n) is 1.77. The molecule has 0 bridgehead atoms. The molecule has 2 aromatic heterocycles. The quantitative estimate of drug-likeness (QED) is 0.856. The van der Waals surface area contributed by atoms with Crippen molar-refractivity contribution in [2.75, 3.05) is 16.6 Å². The highest BCUT2D eigenvalue weighted by Crippen LogP contribution is 2.21. The zero-order chi connectivity index (χ0) is 15.3. The van der Waals surface area contributed by atoms with Gasteiger partial charge in [0.25, 0.3) is 10.0 Å². The van der Waals surface area contributed by atoms with Gasteiger partial charge in [0, 0.05) is 18.9 Å². The maximum absolute atomic E-state index is 12.5. The molecule has 0 aliphatic heterocycles. The van der Waals surface area contributed by atoms with Crippen LogP contribution in [0, 0.1) is 6.92 Å². The van der Waals surface area contributed by atoms with E-state index in [0.717, 1.165) is 12.0 Å². The third-order valence-corrected chi connectivity index (χ3v) is 4.13. The summed E-state index contributed by atoms with van der Waals surface area (Å²) in [6, 6.07) is 6.94. The van der Waals surface area contributed by atoms with E-state index in [4.69, 9.17) is 0 Å². The molecule has 0 atom stereocenters. The van der Waals surface area contributed by atoms with Crippen LogP contribution in [0.5, 0.6) is 0 Å². The van der Waals surface area contributed by atoms with Gasteiger partial charge in [0.15, 0.2) is 5.03 Å². The molecule has 112 valence electrons. The van der Waals surface area contributed by atoms with Crippen LogP contribution in [0.25, 0.3) is 0 Å². The van der Waals surface area contributed by atoms with Crippen LogP contribution < -0.4 is 10.0 Å². The molecule has 2 rings (SSSR count). The lowest BCUT2D eigenvalue weighted by Gasteiger charge is -2.12. The lowest BCUT2D eigenvalue weighted by Crippen LogP contribution is -2.18. The second-order valence-corrected chi connectivity index (χ2v) is 6.15. The van der Waals surface area contributed by atoms with Crippen molar-refractivity contribution in [1.82, 2.24) is 9.97 Å². The highest BCUT2D eigenvalue weighted by Gasteiger charge is 2.21. The Morgan fingerprint density at radius 2 is 1.86 bits per heavy atom. The van der Waals surface area contributed by atoms with E-state index in [1.54, 1.807) is 37.4 Å². The summed E-state index contributed by atoms with van der Waals surface area (Å²) >= 11 is 0.